The third-order valence-electron chi connectivity index (χ3n) is 5.08. The molecule has 6 nitrogen and oxygen atoms in total. The maximum absolute atomic E-state index is 12.7. The summed E-state index contributed by atoms with van der Waals surface area (Å²) in [7, 11) is 1.70. The van der Waals surface area contributed by atoms with E-state index in [2.05, 4.69) is 15.3 Å². The number of nitrogens with zero attached hydrogens (tertiary/aromatic N) is 2. The molecule has 2 aromatic heterocycles. The monoisotopic (exact) mass is 374 g/mol. The van der Waals surface area contributed by atoms with Crippen molar-refractivity contribution in [1.29, 1.82) is 0 Å². The minimum absolute atomic E-state index is 0.0896. The van der Waals surface area contributed by atoms with Crippen molar-refractivity contribution in [3.05, 3.63) is 59.9 Å². The normalized spacial score (nSPS) is 13.1. The highest BCUT2D eigenvalue weighted by molar-refractivity contribution is 6.07. The second kappa shape index (κ2) is 7.31. The molecule has 142 valence electrons. The van der Waals surface area contributed by atoms with Crippen LogP contribution in [0.3, 0.4) is 0 Å². The molecule has 1 aliphatic carbocycles. The van der Waals surface area contributed by atoms with Gasteiger partial charge in [-0.3, -0.25) is 9.59 Å². The van der Waals surface area contributed by atoms with Gasteiger partial charge < -0.3 is 15.2 Å². The van der Waals surface area contributed by atoms with E-state index in [0.29, 0.717) is 12.2 Å². The summed E-state index contributed by atoms with van der Waals surface area (Å²) in [5.74, 6) is 0.625. The third-order valence-corrected chi connectivity index (χ3v) is 5.08. The lowest BCUT2D eigenvalue weighted by Gasteiger charge is -2.15. The van der Waals surface area contributed by atoms with Gasteiger partial charge in [-0.2, -0.15) is 0 Å². The fourth-order valence-corrected chi connectivity index (χ4v) is 3.52. The summed E-state index contributed by atoms with van der Waals surface area (Å²) in [5.41, 5.74) is 5.11. The van der Waals surface area contributed by atoms with E-state index < -0.39 is 0 Å². The maximum atomic E-state index is 12.7. The van der Waals surface area contributed by atoms with Crippen molar-refractivity contribution in [2.75, 3.05) is 17.3 Å². The predicted molar refractivity (Wildman–Crippen MR) is 110 cm³/mol. The number of aryl methyl sites for hydroxylation is 1. The Hall–Kier alpha value is -3.41. The van der Waals surface area contributed by atoms with E-state index in [-0.39, 0.29) is 11.7 Å². The van der Waals surface area contributed by atoms with E-state index in [9.17, 15) is 9.59 Å². The Kier molecular flexibility index (Phi) is 4.69. The zero-order valence-electron chi connectivity index (χ0n) is 16.0. The third kappa shape index (κ3) is 3.29. The lowest BCUT2D eigenvalue weighted by atomic mass is 9.95. The Morgan fingerprint density at radius 2 is 1.96 bits per heavy atom. The summed E-state index contributed by atoms with van der Waals surface area (Å²) in [4.78, 5) is 33.7. The number of nitrogens with one attached hydrogen (secondary N) is 2. The molecule has 0 fully saturated rings. The van der Waals surface area contributed by atoms with Crippen LogP contribution in [0.5, 0.6) is 0 Å². The topological polar surface area (TPSA) is 78.1 Å². The lowest BCUT2D eigenvalue weighted by Crippen LogP contribution is -2.23. The summed E-state index contributed by atoms with van der Waals surface area (Å²) in [6, 6.07) is 13.5. The molecule has 0 atom stereocenters. The summed E-state index contributed by atoms with van der Waals surface area (Å²) in [6.07, 6.45) is 3.93. The van der Waals surface area contributed by atoms with Gasteiger partial charge in [0.15, 0.2) is 5.78 Å². The SMILES string of the molecule is CC(=O)N(C)c1cc(-c2[nH]c3c(c2Nc2ccccc2)C(=O)CCC3)ccn1. The predicted octanol–water partition coefficient (Wildman–Crippen LogP) is 4.32. The Bertz CT molecular complexity index is 1040. The molecule has 0 spiro atoms. The van der Waals surface area contributed by atoms with Crippen LogP contribution in [0.25, 0.3) is 11.3 Å². The number of anilines is 3. The summed E-state index contributed by atoms with van der Waals surface area (Å²) in [6.45, 7) is 1.50. The van der Waals surface area contributed by atoms with E-state index in [4.69, 9.17) is 0 Å². The molecule has 0 radical (unpaired) electrons. The first-order valence-electron chi connectivity index (χ1n) is 9.35. The zero-order valence-corrected chi connectivity index (χ0v) is 16.0. The lowest BCUT2D eigenvalue weighted by molar-refractivity contribution is -0.116. The van der Waals surface area contributed by atoms with Gasteiger partial charge in [-0.1, -0.05) is 18.2 Å². The Labute approximate surface area is 163 Å². The molecule has 0 unspecified atom stereocenters. The van der Waals surface area contributed by atoms with Crippen LogP contribution in [0, 0.1) is 0 Å². The van der Waals surface area contributed by atoms with Gasteiger partial charge in [0.05, 0.1) is 16.9 Å². The fourth-order valence-electron chi connectivity index (χ4n) is 3.52. The molecule has 2 heterocycles. The van der Waals surface area contributed by atoms with E-state index in [1.54, 1.807) is 13.2 Å². The number of hydrogen-bond acceptors (Lipinski definition) is 4. The number of amides is 1. The molecule has 1 aromatic carbocycles. The van der Waals surface area contributed by atoms with E-state index in [1.807, 2.05) is 42.5 Å². The molecule has 3 aromatic rings. The number of aromatic nitrogens is 2. The number of fused-ring (bicyclic) bond motifs is 1. The molecular weight excluding hydrogens is 352 g/mol. The van der Waals surface area contributed by atoms with Crippen molar-refractivity contribution >= 4 is 28.9 Å². The smallest absolute Gasteiger partial charge is 0.224 e. The average molecular weight is 374 g/mol. The van der Waals surface area contributed by atoms with Crippen molar-refractivity contribution in [2.24, 2.45) is 0 Å². The number of carbonyl (C=O) groups is 2. The van der Waals surface area contributed by atoms with Gasteiger partial charge in [-0.25, -0.2) is 4.98 Å². The van der Waals surface area contributed by atoms with Gasteiger partial charge in [0.25, 0.3) is 0 Å². The van der Waals surface area contributed by atoms with Crippen LogP contribution in [0.2, 0.25) is 0 Å². The molecule has 1 aliphatic rings. The molecule has 0 bridgehead atoms. The quantitative estimate of drug-likeness (QED) is 0.713. The zero-order chi connectivity index (χ0) is 19.7. The van der Waals surface area contributed by atoms with Gasteiger partial charge in [-0.05, 0) is 37.1 Å². The highest BCUT2D eigenvalue weighted by Gasteiger charge is 2.27. The van der Waals surface area contributed by atoms with Crippen LogP contribution >= 0.6 is 0 Å². The first-order chi connectivity index (χ1) is 13.5. The van der Waals surface area contributed by atoms with Gasteiger partial charge in [0, 0.05) is 43.5 Å². The van der Waals surface area contributed by atoms with Crippen molar-refractivity contribution in [2.45, 2.75) is 26.2 Å². The molecule has 28 heavy (non-hydrogen) atoms. The summed E-state index contributed by atoms with van der Waals surface area (Å²) in [5, 5.41) is 3.43. The standard InChI is InChI=1S/C22H22N4O2/c1-14(27)26(2)19-13-15(11-12-23-19)21-22(24-16-7-4-3-5-8-16)20-17(25-21)9-6-10-18(20)28/h3-5,7-8,11-13,24-25H,6,9-10H2,1-2H3. The number of H-pyrrole nitrogens is 1. The number of pyridine rings is 1. The number of para-hydroxylation sites is 1. The first kappa shape index (κ1) is 18.0. The number of rotatable bonds is 4. The molecule has 0 aliphatic heterocycles. The van der Waals surface area contributed by atoms with Crippen molar-refractivity contribution < 1.29 is 9.59 Å². The van der Waals surface area contributed by atoms with Crippen molar-refractivity contribution in [3.8, 4) is 11.3 Å². The molecular formula is C22H22N4O2. The van der Waals surface area contributed by atoms with E-state index in [0.717, 1.165) is 46.7 Å². The minimum atomic E-state index is -0.0896. The van der Waals surface area contributed by atoms with E-state index in [1.165, 1.54) is 11.8 Å². The average Bonchev–Trinajstić information content (AvgIpc) is 3.08. The van der Waals surface area contributed by atoms with Crippen LogP contribution in [0.1, 0.15) is 35.8 Å². The number of aromatic amines is 1. The first-order valence-corrected chi connectivity index (χ1v) is 9.35. The maximum Gasteiger partial charge on any atom is 0.224 e. The molecule has 0 saturated carbocycles. The second-order valence-electron chi connectivity index (χ2n) is 6.98. The number of ketones is 1. The van der Waals surface area contributed by atoms with Gasteiger partial charge in [0.1, 0.15) is 5.82 Å². The molecule has 4 rings (SSSR count). The van der Waals surface area contributed by atoms with Crippen LogP contribution in [-0.4, -0.2) is 28.7 Å². The summed E-state index contributed by atoms with van der Waals surface area (Å²) >= 11 is 0. The molecule has 2 N–H and O–H groups in total. The van der Waals surface area contributed by atoms with Gasteiger partial charge in [0.2, 0.25) is 5.91 Å². The van der Waals surface area contributed by atoms with Gasteiger partial charge >= 0.3 is 0 Å². The highest BCUT2D eigenvalue weighted by Crippen LogP contribution is 2.39. The van der Waals surface area contributed by atoms with Crippen molar-refractivity contribution in [1.82, 2.24) is 9.97 Å². The number of carbonyl (C=O) groups excluding carboxylic acids is 2. The van der Waals surface area contributed by atoms with Crippen LogP contribution in [0.15, 0.2) is 48.7 Å². The highest BCUT2D eigenvalue weighted by atomic mass is 16.2. The summed E-state index contributed by atoms with van der Waals surface area (Å²) < 4.78 is 0. The fraction of sp³-hybridized carbons (Fsp3) is 0.227. The minimum Gasteiger partial charge on any atom is -0.356 e. The van der Waals surface area contributed by atoms with Crippen LogP contribution in [-0.2, 0) is 11.2 Å². The second-order valence-corrected chi connectivity index (χ2v) is 6.98. The Balaban J connectivity index is 1.84. The molecule has 0 saturated heterocycles. The Morgan fingerprint density at radius 1 is 1.18 bits per heavy atom. The number of Topliss-reactive ketones (excluding diaryl/α,β-unsaturated/α-hetero) is 1. The van der Waals surface area contributed by atoms with Crippen LogP contribution in [0.4, 0.5) is 17.2 Å². The van der Waals surface area contributed by atoms with E-state index >= 15 is 0 Å². The number of hydrogen-bond donors (Lipinski definition) is 2. The molecule has 6 heteroatoms. The van der Waals surface area contributed by atoms with Gasteiger partial charge in [-0.15, -0.1) is 0 Å². The van der Waals surface area contributed by atoms with Crippen molar-refractivity contribution in [3.63, 3.8) is 0 Å². The molecule has 1 amide bonds. The largest absolute Gasteiger partial charge is 0.356 e. The number of benzene rings is 1. The Morgan fingerprint density at radius 3 is 2.71 bits per heavy atom. The van der Waals surface area contributed by atoms with Crippen LogP contribution < -0.4 is 10.2 Å².